The molecule has 0 saturated heterocycles. The van der Waals surface area contributed by atoms with Crippen molar-refractivity contribution >= 4 is 23.3 Å². The zero-order chi connectivity index (χ0) is 11.7. The molecular formula is C11H13ClN2O2. The third kappa shape index (κ3) is 1.93. The summed E-state index contributed by atoms with van der Waals surface area (Å²) in [6.07, 6.45) is 0. The monoisotopic (exact) mass is 240 g/mol. The highest BCUT2D eigenvalue weighted by Gasteiger charge is 2.24. The molecule has 0 aromatic heterocycles. The summed E-state index contributed by atoms with van der Waals surface area (Å²) >= 11 is 5.92. The minimum atomic E-state index is -0.0631. The van der Waals surface area contributed by atoms with Crippen LogP contribution in [0.5, 0.6) is 5.75 Å². The molecule has 0 N–H and O–H groups in total. The van der Waals surface area contributed by atoms with Gasteiger partial charge in [0.1, 0.15) is 12.4 Å². The van der Waals surface area contributed by atoms with Crippen LogP contribution in [-0.4, -0.2) is 38.2 Å². The van der Waals surface area contributed by atoms with E-state index in [0.717, 1.165) is 5.69 Å². The second-order valence-electron chi connectivity index (χ2n) is 3.79. The normalized spacial score (nSPS) is 14.1. The molecule has 0 aliphatic carbocycles. The average molecular weight is 241 g/mol. The van der Waals surface area contributed by atoms with E-state index in [2.05, 4.69) is 0 Å². The van der Waals surface area contributed by atoms with Gasteiger partial charge in [-0.15, -0.1) is 0 Å². The van der Waals surface area contributed by atoms with E-state index >= 15 is 0 Å². The van der Waals surface area contributed by atoms with Crippen molar-refractivity contribution in [1.29, 1.82) is 0 Å². The molecule has 1 aliphatic heterocycles. The van der Waals surface area contributed by atoms with Gasteiger partial charge in [0.15, 0.2) is 0 Å². The van der Waals surface area contributed by atoms with Crippen LogP contribution in [0.1, 0.15) is 0 Å². The van der Waals surface area contributed by atoms with Crippen LogP contribution >= 0.6 is 11.6 Å². The zero-order valence-corrected chi connectivity index (χ0v) is 9.99. The Labute approximate surface area is 99.3 Å². The number of amides is 2. The van der Waals surface area contributed by atoms with Gasteiger partial charge in [-0.25, -0.2) is 4.79 Å². The van der Waals surface area contributed by atoms with Crippen LogP contribution in [0, 0.1) is 0 Å². The molecule has 0 atom stereocenters. The van der Waals surface area contributed by atoms with Gasteiger partial charge in [-0.1, -0.05) is 11.6 Å². The van der Waals surface area contributed by atoms with E-state index in [-0.39, 0.29) is 6.03 Å². The van der Waals surface area contributed by atoms with Gasteiger partial charge in [0, 0.05) is 19.1 Å². The van der Waals surface area contributed by atoms with Crippen LogP contribution < -0.4 is 9.64 Å². The molecule has 0 saturated carbocycles. The van der Waals surface area contributed by atoms with Crippen molar-refractivity contribution in [3.8, 4) is 5.75 Å². The maximum atomic E-state index is 11.9. The van der Waals surface area contributed by atoms with Crippen molar-refractivity contribution in [3.05, 3.63) is 23.2 Å². The number of hydrogen-bond donors (Lipinski definition) is 0. The molecule has 0 fully saturated rings. The van der Waals surface area contributed by atoms with E-state index in [9.17, 15) is 4.79 Å². The minimum absolute atomic E-state index is 0.0631. The Morgan fingerprint density at radius 1 is 1.50 bits per heavy atom. The third-order valence-electron chi connectivity index (χ3n) is 2.40. The molecule has 0 bridgehead atoms. The number of halogens is 1. The van der Waals surface area contributed by atoms with Crippen LogP contribution in [0.2, 0.25) is 5.02 Å². The lowest BCUT2D eigenvalue weighted by Crippen LogP contribution is -2.43. The predicted octanol–water partition coefficient (Wildman–Crippen LogP) is 2.22. The van der Waals surface area contributed by atoms with Crippen molar-refractivity contribution in [2.75, 3.05) is 32.1 Å². The Hall–Kier alpha value is -1.42. The first-order valence-electron chi connectivity index (χ1n) is 5.01. The molecule has 2 amide bonds. The molecule has 5 heteroatoms. The van der Waals surface area contributed by atoms with Crippen LogP contribution in [0.4, 0.5) is 10.5 Å². The summed E-state index contributed by atoms with van der Waals surface area (Å²) in [5.74, 6) is 0.700. The van der Waals surface area contributed by atoms with Gasteiger partial charge in [-0.2, -0.15) is 0 Å². The molecule has 1 aromatic carbocycles. The van der Waals surface area contributed by atoms with E-state index in [4.69, 9.17) is 16.3 Å². The highest BCUT2D eigenvalue weighted by molar-refractivity contribution is 6.31. The fourth-order valence-electron chi connectivity index (χ4n) is 1.63. The Balaban J connectivity index is 2.39. The minimum Gasteiger partial charge on any atom is -0.490 e. The molecular weight excluding hydrogens is 228 g/mol. The van der Waals surface area contributed by atoms with Crippen molar-refractivity contribution in [3.63, 3.8) is 0 Å². The summed E-state index contributed by atoms with van der Waals surface area (Å²) in [6.45, 7) is 1.05. The van der Waals surface area contributed by atoms with Gasteiger partial charge in [0.25, 0.3) is 0 Å². The topological polar surface area (TPSA) is 32.8 Å². The fourth-order valence-corrected chi connectivity index (χ4v) is 1.80. The quantitative estimate of drug-likeness (QED) is 0.697. The summed E-state index contributed by atoms with van der Waals surface area (Å²) in [5.41, 5.74) is 0.734. The standard InChI is InChI=1S/C11H13ClN2O2/c1-13(2)11(15)14-5-6-16-10-4-3-8(12)7-9(10)14/h3-4,7H,5-6H2,1-2H3. The molecule has 1 aliphatic rings. The molecule has 1 heterocycles. The van der Waals surface area contributed by atoms with E-state index in [0.29, 0.717) is 23.9 Å². The van der Waals surface area contributed by atoms with Crippen molar-refractivity contribution in [1.82, 2.24) is 4.90 Å². The SMILES string of the molecule is CN(C)C(=O)N1CCOc2ccc(Cl)cc21. The maximum absolute atomic E-state index is 11.9. The number of urea groups is 1. The Morgan fingerprint density at radius 2 is 2.25 bits per heavy atom. The highest BCUT2D eigenvalue weighted by atomic mass is 35.5. The molecule has 0 unspecified atom stereocenters. The fraction of sp³-hybridized carbons (Fsp3) is 0.364. The summed E-state index contributed by atoms with van der Waals surface area (Å²) in [5, 5.41) is 0.598. The lowest BCUT2D eigenvalue weighted by molar-refractivity contribution is 0.218. The van der Waals surface area contributed by atoms with E-state index < -0.39 is 0 Å². The average Bonchev–Trinajstić information content (AvgIpc) is 2.27. The zero-order valence-electron chi connectivity index (χ0n) is 9.24. The summed E-state index contributed by atoms with van der Waals surface area (Å²) in [4.78, 5) is 15.1. The first-order chi connectivity index (χ1) is 7.59. The van der Waals surface area contributed by atoms with Crippen LogP contribution in [-0.2, 0) is 0 Å². The van der Waals surface area contributed by atoms with Gasteiger partial charge in [-0.05, 0) is 18.2 Å². The number of nitrogens with zero attached hydrogens (tertiary/aromatic N) is 2. The van der Waals surface area contributed by atoms with Crippen LogP contribution in [0.15, 0.2) is 18.2 Å². The van der Waals surface area contributed by atoms with Gasteiger partial charge < -0.3 is 9.64 Å². The second-order valence-corrected chi connectivity index (χ2v) is 4.23. The molecule has 4 nitrogen and oxygen atoms in total. The molecule has 1 aromatic rings. The van der Waals surface area contributed by atoms with Crippen molar-refractivity contribution in [2.45, 2.75) is 0 Å². The summed E-state index contributed by atoms with van der Waals surface area (Å²) in [6, 6.07) is 5.22. The number of anilines is 1. The lowest BCUT2D eigenvalue weighted by Gasteiger charge is -2.31. The molecule has 0 radical (unpaired) electrons. The van der Waals surface area contributed by atoms with Gasteiger partial charge in [0.05, 0.1) is 12.2 Å². The maximum Gasteiger partial charge on any atom is 0.324 e. The number of ether oxygens (including phenoxy) is 1. The van der Waals surface area contributed by atoms with Gasteiger partial charge >= 0.3 is 6.03 Å². The van der Waals surface area contributed by atoms with E-state index in [1.54, 1.807) is 37.2 Å². The second kappa shape index (κ2) is 4.22. The number of fused-ring (bicyclic) bond motifs is 1. The van der Waals surface area contributed by atoms with E-state index in [1.165, 1.54) is 4.90 Å². The summed E-state index contributed by atoms with van der Waals surface area (Å²) < 4.78 is 5.47. The van der Waals surface area contributed by atoms with Crippen molar-refractivity contribution in [2.24, 2.45) is 0 Å². The van der Waals surface area contributed by atoms with E-state index in [1.807, 2.05) is 0 Å². The van der Waals surface area contributed by atoms with Crippen LogP contribution in [0.25, 0.3) is 0 Å². The Bertz CT molecular complexity index is 420. The van der Waals surface area contributed by atoms with Gasteiger partial charge in [0.2, 0.25) is 0 Å². The Morgan fingerprint density at radius 3 is 2.94 bits per heavy atom. The largest absolute Gasteiger partial charge is 0.490 e. The van der Waals surface area contributed by atoms with Gasteiger partial charge in [-0.3, -0.25) is 4.90 Å². The summed E-state index contributed by atoms with van der Waals surface area (Å²) in [7, 11) is 3.45. The van der Waals surface area contributed by atoms with Crippen molar-refractivity contribution < 1.29 is 9.53 Å². The molecule has 0 spiro atoms. The predicted molar refractivity (Wildman–Crippen MR) is 63.4 cm³/mol. The number of rotatable bonds is 0. The molecule has 16 heavy (non-hydrogen) atoms. The molecule has 2 rings (SSSR count). The number of carbonyl (C=O) groups is 1. The lowest BCUT2D eigenvalue weighted by atomic mass is 10.2. The smallest absolute Gasteiger partial charge is 0.324 e. The number of hydrogen-bond acceptors (Lipinski definition) is 2. The first kappa shape index (κ1) is 11.1. The van der Waals surface area contributed by atoms with Crippen LogP contribution in [0.3, 0.4) is 0 Å². The highest BCUT2D eigenvalue weighted by Crippen LogP contribution is 2.34. The number of benzene rings is 1. The number of carbonyl (C=O) groups excluding carboxylic acids is 1. The first-order valence-corrected chi connectivity index (χ1v) is 5.38. The Kier molecular flexibility index (Phi) is 2.92. The molecule has 86 valence electrons. The third-order valence-corrected chi connectivity index (χ3v) is 2.63.